The van der Waals surface area contributed by atoms with Crippen molar-refractivity contribution in [2.45, 2.75) is 18.2 Å². The van der Waals surface area contributed by atoms with Gasteiger partial charge in [-0.3, -0.25) is 9.59 Å². The Morgan fingerprint density at radius 3 is 2.81 bits per heavy atom. The maximum Gasteiger partial charge on any atom is 0.305 e. The number of amides is 1. The SMILES string of the molecule is NC1=CC=C(C(=O)NCCC(=O)O)CC1Cl. The number of aliphatic carboxylic acids is 1. The fourth-order valence-electron chi connectivity index (χ4n) is 1.25. The average Bonchev–Trinajstić information content (AvgIpc) is 2.21. The monoisotopic (exact) mass is 244 g/mol. The molecule has 1 aliphatic carbocycles. The summed E-state index contributed by atoms with van der Waals surface area (Å²) in [5.41, 5.74) is 6.60. The molecule has 4 N–H and O–H groups in total. The van der Waals surface area contributed by atoms with Crippen molar-refractivity contribution in [1.82, 2.24) is 5.32 Å². The van der Waals surface area contributed by atoms with Crippen LogP contribution in [0.2, 0.25) is 0 Å². The molecule has 5 nitrogen and oxygen atoms in total. The number of hydrogen-bond donors (Lipinski definition) is 3. The number of allylic oxidation sites excluding steroid dienone is 3. The Morgan fingerprint density at radius 1 is 1.56 bits per heavy atom. The number of carboxylic acids is 1. The van der Waals surface area contributed by atoms with Gasteiger partial charge in [-0.1, -0.05) is 6.08 Å². The lowest BCUT2D eigenvalue weighted by molar-refractivity contribution is -0.136. The van der Waals surface area contributed by atoms with Gasteiger partial charge < -0.3 is 16.2 Å². The molecular formula is C10H13ClN2O3. The minimum Gasteiger partial charge on any atom is -0.481 e. The molecule has 0 radical (unpaired) electrons. The highest BCUT2D eigenvalue weighted by molar-refractivity contribution is 6.23. The molecule has 0 heterocycles. The molecule has 16 heavy (non-hydrogen) atoms. The minimum absolute atomic E-state index is 0.0959. The number of nitrogens with one attached hydrogen (secondary N) is 1. The second-order valence-electron chi connectivity index (χ2n) is 3.43. The average molecular weight is 245 g/mol. The summed E-state index contributed by atoms with van der Waals surface area (Å²) < 4.78 is 0. The Labute approximate surface area is 97.9 Å². The van der Waals surface area contributed by atoms with Gasteiger partial charge in [-0.25, -0.2) is 0 Å². The highest BCUT2D eigenvalue weighted by Gasteiger charge is 2.19. The number of carbonyl (C=O) groups is 2. The first-order valence-corrected chi connectivity index (χ1v) is 5.24. The van der Waals surface area contributed by atoms with E-state index in [0.717, 1.165) is 0 Å². The van der Waals surface area contributed by atoms with Crippen LogP contribution in [0.5, 0.6) is 0 Å². The molecular weight excluding hydrogens is 232 g/mol. The standard InChI is InChI=1S/C10H13ClN2O3/c11-7-5-6(1-2-8(7)12)10(16)13-4-3-9(14)15/h1-2,7H,3-5,12H2,(H,13,16)(H,14,15). The third-order valence-corrected chi connectivity index (χ3v) is 2.56. The van der Waals surface area contributed by atoms with Crippen LogP contribution in [-0.4, -0.2) is 28.9 Å². The number of alkyl halides is 1. The summed E-state index contributed by atoms with van der Waals surface area (Å²) >= 11 is 5.88. The van der Waals surface area contributed by atoms with Crippen LogP contribution in [0, 0.1) is 0 Å². The topological polar surface area (TPSA) is 92.4 Å². The summed E-state index contributed by atoms with van der Waals surface area (Å²) in [7, 11) is 0. The third-order valence-electron chi connectivity index (χ3n) is 2.15. The molecule has 6 heteroatoms. The van der Waals surface area contributed by atoms with Crippen LogP contribution in [0.4, 0.5) is 0 Å². The lowest BCUT2D eigenvalue weighted by Crippen LogP contribution is -2.30. The van der Waals surface area contributed by atoms with E-state index < -0.39 is 5.97 Å². The quantitative estimate of drug-likeness (QED) is 0.623. The normalized spacial score (nSPS) is 19.7. The van der Waals surface area contributed by atoms with E-state index in [1.54, 1.807) is 12.2 Å². The summed E-state index contributed by atoms with van der Waals surface area (Å²) in [4.78, 5) is 21.8. The van der Waals surface area contributed by atoms with Gasteiger partial charge in [-0.2, -0.15) is 0 Å². The summed E-state index contributed by atoms with van der Waals surface area (Å²) in [5.74, 6) is -1.24. The van der Waals surface area contributed by atoms with E-state index in [4.69, 9.17) is 22.4 Å². The van der Waals surface area contributed by atoms with Gasteiger partial charge in [-0.05, 0) is 12.5 Å². The Morgan fingerprint density at radius 2 is 2.25 bits per heavy atom. The van der Waals surface area contributed by atoms with Gasteiger partial charge in [0.15, 0.2) is 0 Å². The van der Waals surface area contributed by atoms with E-state index >= 15 is 0 Å². The summed E-state index contributed by atoms with van der Waals surface area (Å²) in [5, 5.41) is 10.5. The van der Waals surface area contributed by atoms with Crippen LogP contribution >= 0.6 is 11.6 Å². The lowest BCUT2D eigenvalue weighted by Gasteiger charge is -2.16. The van der Waals surface area contributed by atoms with Gasteiger partial charge in [0.2, 0.25) is 5.91 Å². The molecule has 1 amide bonds. The van der Waals surface area contributed by atoms with Crippen molar-refractivity contribution < 1.29 is 14.7 Å². The largest absolute Gasteiger partial charge is 0.481 e. The van der Waals surface area contributed by atoms with Crippen LogP contribution in [-0.2, 0) is 9.59 Å². The first-order chi connectivity index (χ1) is 7.50. The van der Waals surface area contributed by atoms with Crippen molar-refractivity contribution in [2.75, 3.05) is 6.54 Å². The van der Waals surface area contributed by atoms with Gasteiger partial charge in [0.1, 0.15) is 0 Å². The zero-order chi connectivity index (χ0) is 12.1. The van der Waals surface area contributed by atoms with Crippen LogP contribution in [0.25, 0.3) is 0 Å². The van der Waals surface area contributed by atoms with E-state index in [2.05, 4.69) is 5.32 Å². The maximum absolute atomic E-state index is 11.5. The number of halogens is 1. The minimum atomic E-state index is -0.947. The van der Waals surface area contributed by atoms with Crippen molar-refractivity contribution in [3.8, 4) is 0 Å². The van der Waals surface area contributed by atoms with Gasteiger partial charge in [0, 0.05) is 17.8 Å². The van der Waals surface area contributed by atoms with Crippen molar-refractivity contribution in [2.24, 2.45) is 5.73 Å². The number of carbonyl (C=O) groups excluding carboxylic acids is 1. The molecule has 0 saturated carbocycles. The van der Waals surface area contributed by atoms with Crippen molar-refractivity contribution in [3.63, 3.8) is 0 Å². The molecule has 0 aliphatic heterocycles. The molecule has 0 saturated heterocycles. The first-order valence-electron chi connectivity index (χ1n) is 4.81. The number of hydrogen-bond acceptors (Lipinski definition) is 3. The zero-order valence-corrected chi connectivity index (χ0v) is 9.33. The third kappa shape index (κ3) is 3.58. The molecule has 88 valence electrons. The molecule has 0 fully saturated rings. The smallest absolute Gasteiger partial charge is 0.305 e. The number of nitrogens with two attached hydrogens (primary N) is 1. The Balaban J connectivity index is 2.46. The van der Waals surface area contributed by atoms with Crippen LogP contribution in [0.15, 0.2) is 23.4 Å². The molecule has 1 atom stereocenters. The second-order valence-corrected chi connectivity index (χ2v) is 3.96. The summed E-state index contributed by atoms with van der Waals surface area (Å²) in [6.45, 7) is 0.109. The molecule has 1 unspecified atom stereocenters. The molecule has 0 bridgehead atoms. The maximum atomic E-state index is 11.5. The highest BCUT2D eigenvalue weighted by atomic mass is 35.5. The fourth-order valence-corrected chi connectivity index (χ4v) is 1.48. The lowest BCUT2D eigenvalue weighted by atomic mass is 10.0. The van der Waals surface area contributed by atoms with Crippen molar-refractivity contribution in [1.29, 1.82) is 0 Å². The van der Waals surface area contributed by atoms with E-state index in [1.165, 1.54) is 0 Å². The summed E-state index contributed by atoms with van der Waals surface area (Å²) in [6, 6.07) is 0. The predicted octanol–water partition coefficient (Wildman–Crippen LogP) is 0.357. The highest BCUT2D eigenvalue weighted by Crippen LogP contribution is 2.20. The molecule has 1 aliphatic rings. The van der Waals surface area contributed by atoms with Gasteiger partial charge >= 0.3 is 5.97 Å². The Bertz CT molecular complexity index is 363. The number of rotatable bonds is 4. The molecule has 0 spiro atoms. The van der Waals surface area contributed by atoms with E-state index in [-0.39, 0.29) is 24.2 Å². The van der Waals surface area contributed by atoms with Crippen molar-refractivity contribution >= 4 is 23.5 Å². The molecule has 0 aromatic heterocycles. The van der Waals surface area contributed by atoms with Gasteiger partial charge in [0.05, 0.1) is 11.8 Å². The molecule has 0 aromatic rings. The van der Waals surface area contributed by atoms with E-state index in [9.17, 15) is 9.59 Å². The first kappa shape index (κ1) is 12.6. The van der Waals surface area contributed by atoms with E-state index in [1.807, 2.05) is 0 Å². The van der Waals surface area contributed by atoms with Gasteiger partial charge in [0.25, 0.3) is 0 Å². The zero-order valence-electron chi connectivity index (χ0n) is 8.57. The van der Waals surface area contributed by atoms with Crippen LogP contribution in [0.1, 0.15) is 12.8 Å². The van der Waals surface area contributed by atoms with Crippen LogP contribution in [0.3, 0.4) is 0 Å². The van der Waals surface area contributed by atoms with Crippen LogP contribution < -0.4 is 11.1 Å². The van der Waals surface area contributed by atoms with E-state index in [0.29, 0.717) is 17.7 Å². The predicted molar refractivity (Wildman–Crippen MR) is 59.9 cm³/mol. The molecule has 1 rings (SSSR count). The Kier molecular flexibility index (Phi) is 4.37. The summed E-state index contributed by atoms with van der Waals surface area (Å²) in [6.07, 6.45) is 3.46. The Hall–Kier alpha value is -1.49. The second kappa shape index (κ2) is 5.55. The van der Waals surface area contributed by atoms with Gasteiger partial charge in [-0.15, -0.1) is 11.6 Å². The fraction of sp³-hybridized carbons (Fsp3) is 0.400. The molecule has 0 aromatic carbocycles. The number of carboxylic acid groups (broad SMARTS) is 1. The van der Waals surface area contributed by atoms with Crippen molar-refractivity contribution in [3.05, 3.63) is 23.4 Å².